The van der Waals surface area contributed by atoms with Gasteiger partial charge in [-0.25, -0.2) is 0 Å². The van der Waals surface area contributed by atoms with Crippen molar-refractivity contribution >= 4 is 5.69 Å². The van der Waals surface area contributed by atoms with Gasteiger partial charge in [-0.3, -0.25) is 0 Å². The van der Waals surface area contributed by atoms with Crippen LogP contribution in [0, 0.1) is 11.8 Å². The predicted molar refractivity (Wildman–Crippen MR) is 83.8 cm³/mol. The molecule has 0 bridgehead atoms. The van der Waals surface area contributed by atoms with Crippen LogP contribution in [0.4, 0.5) is 5.69 Å². The summed E-state index contributed by atoms with van der Waals surface area (Å²) in [7, 11) is 0. The molecule has 1 N–H and O–H groups in total. The maximum Gasteiger partial charge on any atom is 0.0399 e. The van der Waals surface area contributed by atoms with Crippen LogP contribution in [-0.2, 0) is 6.42 Å². The Morgan fingerprint density at radius 1 is 1.26 bits per heavy atom. The molecule has 1 aromatic rings. The molecule has 0 amide bonds. The Bertz CT molecular complexity index is 400. The molecular weight excluding hydrogens is 232 g/mol. The summed E-state index contributed by atoms with van der Waals surface area (Å²) in [4.78, 5) is 2.55. The maximum absolute atomic E-state index is 3.63. The largest absolute Gasteiger partial charge is 0.370 e. The van der Waals surface area contributed by atoms with Gasteiger partial charge < -0.3 is 10.2 Å². The topological polar surface area (TPSA) is 15.3 Å². The molecule has 106 valence electrons. The molecule has 1 aromatic carbocycles. The minimum absolute atomic E-state index is 0.595. The van der Waals surface area contributed by atoms with Gasteiger partial charge in [-0.2, -0.15) is 0 Å². The summed E-state index contributed by atoms with van der Waals surface area (Å²) >= 11 is 0. The second kappa shape index (κ2) is 6.42. The minimum atomic E-state index is 0.595. The Hall–Kier alpha value is -1.02. The highest BCUT2D eigenvalue weighted by Gasteiger charge is 2.20. The van der Waals surface area contributed by atoms with Gasteiger partial charge >= 0.3 is 0 Å². The molecule has 2 nitrogen and oxygen atoms in total. The van der Waals surface area contributed by atoms with Crippen LogP contribution in [0.3, 0.4) is 0 Å². The van der Waals surface area contributed by atoms with E-state index >= 15 is 0 Å². The average molecular weight is 260 g/mol. The first-order valence-electron chi connectivity index (χ1n) is 7.64. The van der Waals surface area contributed by atoms with Crippen molar-refractivity contribution in [1.29, 1.82) is 0 Å². The van der Waals surface area contributed by atoms with Crippen molar-refractivity contribution in [3.8, 4) is 0 Å². The molecular formula is C17H28N2. The van der Waals surface area contributed by atoms with Crippen LogP contribution in [0.1, 0.15) is 33.3 Å². The lowest BCUT2D eigenvalue weighted by Crippen LogP contribution is -2.41. The molecule has 0 spiro atoms. The summed E-state index contributed by atoms with van der Waals surface area (Å²) in [6.07, 6.45) is 1.22. The van der Waals surface area contributed by atoms with Gasteiger partial charge in [0.05, 0.1) is 0 Å². The minimum Gasteiger partial charge on any atom is -0.370 e. The molecule has 0 aromatic heterocycles. The van der Waals surface area contributed by atoms with Gasteiger partial charge in [0, 0.05) is 31.4 Å². The molecule has 19 heavy (non-hydrogen) atoms. The summed E-state index contributed by atoms with van der Waals surface area (Å²) in [5, 5.41) is 3.63. The third kappa shape index (κ3) is 3.73. The SMILES string of the molecule is CC1Cc2ccccc2N(CCNC(C)C(C)C)C1. The van der Waals surface area contributed by atoms with E-state index in [2.05, 4.69) is 62.2 Å². The fourth-order valence-electron chi connectivity index (χ4n) is 2.78. The quantitative estimate of drug-likeness (QED) is 0.873. The zero-order valence-corrected chi connectivity index (χ0v) is 12.8. The standard InChI is InChI=1S/C17H28N2/c1-13(2)15(4)18-9-10-19-12-14(3)11-16-7-5-6-8-17(16)19/h5-8,13-15,18H,9-12H2,1-4H3. The van der Waals surface area contributed by atoms with Crippen molar-refractivity contribution in [3.05, 3.63) is 29.8 Å². The van der Waals surface area contributed by atoms with Gasteiger partial charge in [-0.15, -0.1) is 0 Å². The molecule has 2 unspecified atom stereocenters. The molecule has 2 rings (SSSR count). The van der Waals surface area contributed by atoms with Crippen LogP contribution in [0.2, 0.25) is 0 Å². The third-order valence-electron chi connectivity index (χ3n) is 4.28. The number of hydrogen-bond donors (Lipinski definition) is 1. The first kappa shape index (κ1) is 14.4. The van der Waals surface area contributed by atoms with E-state index in [9.17, 15) is 0 Å². The van der Waals surface area contributed by atoms with E-state index in [0.717, 1.165) is 19.0 Å². The molecule has 0 fully saturated rings. The van der Waals surface area contributed by atoms with E-state index in [1.54, 1.807) is 0 Å². The highest BCUT2D eigenvalue weighted by molar-refractivity contribution is 5.55. The average Bonchev–Trinajstić information content (AvgIpc) is 2.38. The zero-order valence-electron chi connectivity index (χ0n) is 12.8. The maximum atomic E-state index is 3.63. The number of nitrogens with one attached hydrogen (secondary N) is 1. The van der Waals surface area contributed by atoms with E-state index < -0.39 is 0 Å². The molecule has 0 radical (unpaired) electrons. The van der Waals surface area contributed by atoms with Crippen molar-refractivity contribution in [2.24, 2.45) is 11.8 Å². The number of rotatable bonds is 5. The normalized spacial score (nSPS) is 20.5. The monoisotopic (exact) mass is 260 g/mol. The summed E-state index contributed by atoms with van der Waals surface area (Å²) in [5.74, 6) is 1.46. The molecule has 0 saturated heterocycles. The summed E-state index contributed by atoms with van der Waals surface area (Å²) < 4.78 is 0. The van der Waals surface area contributed by atoms with Gasteiger partial charge in [-0.05, 0) is 36.8 Å². The second-order valence-electron chi connectivity index (χ2n) is 6.37. The van der Waals surface area contributed by atoms with E-state index in [0.29, 0.717) is 12.0 Å². The molecule has 0 saturated carbocycles. The number of para-hydroxylation sites is 1. The van der Waals surface area contributed by atoms with Crippen molar-refractivity contribution in [2.75, 3.05) is 24.5 Å². The third-order valence-corrected chi connectivity index (χ3v) is 4.28. The van der Waals surface area contributed by atoms with Crippen LogP contribution in [-0.4, -0.2) is 25.7 Å². The van der Waals surface area contributed by atoms with Crippen LogP contribution in [0.5, 0.6) is 0 Å². The van der Waals surface area contributed by atoms with Crippen LogP contribution >= 0.6 is 0 Å². The van der Waals surface area contributed by atoms with Crippen molar-refractivity contribution < 1.29 is 0 Å². The van der Waals surface area contributed by atoms with E-state index in [1.165, 1.54) is 24.2 Å². The van der Waals surface area contributed by atoms with Gasteiger partial charge in [0.15, 0.2) is 0 Å². The fourth-order valence-corrected chi connectivity index (χ4v) is 2.78. The predicted octanol–water partition coefficient (Wildman–Crippen LogP) is 3.32. The van der Waals surface area contributed by atoms with Crippen LogP contribution < -0.4 is 10.2 Å². The van der Waals surface area contributed by atoms with Crippen molar-refractivity contribution in [2.45, 2.75) is 40.2 Å². The number of fused-ring (bicyclic) bond motifs is 1. The van der Waals surface area contributed by atoms with Crippen LogP contribution in [0.15, 0.2) is 24.3 Å². The summed E-state index contributed by atoms with van der Waals surface area (Å²) in [6.45, 7) is 12.5. The lowest BCUT2D eigenvalue weighted by molar-refractivity contribution is 0.424. The Labute approximate surface area is 118 Å². The van der Waals surface area contributed by atoms with Crippen LogP contribution in [0.25, 0.3) is 0 Å². The van der Waals surface area contributed by atoms with E-state index in [-0.39, 0.29) is 0 Å². The molecule has 0 aliphatic carbocycles. The Kier molecular flexibility index (Phi) is 4.87. The van der Waals surface area contributed by atoms with E-state index in [4.69, 9.17) is 0 Å². The van der Waals surface area contributed by atoms with Gasteiger partial charge in [0.25, 0.3) is 0 Å². The lowest BCUT2D eigenvalue weighted by atomic mass is 9.94. The van der Waals surface area contributed by atoms with Gasteiger partial charge in [0.2, 0.25) is 0 Å². The summed E-state index contributed by atoms with van der Waals surface area (Å²) in [6, 6.07) is 9.47. The molecule has 1 heterocycles. The molecule has 2 atom stereocenters. The van der Waals surface area contributed by atoms with Crippen molar-refractivity contribution in [3.63, 3.8) is 0 Å². The van der Waals surface area contributed by atoms with Crippen molar-refractivity contribution in [1.82, 2.24) is 5.32 Å². The zero-order chi connectivity index (χ0) is 13.8. The lowest BCUT2D eigenvalue weighted by Gasteiger charge is -2.35. The molecule has 2 heteroatoms. The Balaban J connectivity index is 1.94. The Morgan fingerprint density at radius 2 is 2.00 bits per heavy atom. The highest BCUT2D eigenvalue weighted by atomic mass is 15.2. The number of benzene rings is 1. The Morgan fingerprint density at radius 3 is 2.74 bits per heavy atom. The highest BCUT2D eigenvalue weighted by Crippen LogP contribution is 2.28. The molecule has 1 aliphatic rings. The number of anilines is 1. The van der Waals surface area contributed by atoms with Gasteiger partial charge in [-0.1, -0.05) is 39.0 Å². The smallest absolute Gasteiger partial charge is 0.0399 e. The first-order valence-corrected chi connectivity index (χ1v) is 7.64. The fraction of sp³-hybridized carbons (Fsp3) is 0.647. The number of hydrogen-bond acceptors (Lipinski definition) is 2. The number of nitrogens with zero attached hydrogens (tertiary/aromatic N) is 1. The molecule has 1 aliphatic heterocycles. The first-order chi connectivity index (χ1) is 9.08. The summed E-state index contributed by atoms with van der Waals surface area (Å²) in [5.41, 5.74) is 2.96. The van der Waals surface area contributed by atoms with Gasteiger partial charge in [0.1, 0.15) is 0 Å². The van der Waals surface area contributed by atoms with E-state index in [1.807, 2.05) is 0 Å². The second-order valence-corrected chi connectivity index (χ2v) is 6.37.